The van der Waals surface area contributed by atoms with Crippen molar-refractivity contribution in [3.05, 3.63) is 35.4 Å². The van der Waals surface area contributed by atoms with Crippen LogP contribution in [0.15, 0.2) is 18.2 Å². The normalized spacial score (nSPS) is 25.4. The fraction of sp³-hybridized carbons (Fsp3) is 0.538. The van der Waals surface area contributed by atoms with Crippen molar-refractivity contribution in [1.29, 1.82) is 0 Å². The fourth-order valence-corrected chi connectivity index (χ4v) is 2.62. The Balaban J connectivity index is 2.29. The minimum absolute atomic E-state index is 0.0391. The molecule has 17 heavy (non-hydrogen) atoms. The second-order valence-corrected chi connectivity index (χ2v) is 4.64. The van der Waals surface area contributed by atoms with E-state index in [0.717, 1.165) is 32.0 Å². The van der Waals surface area contributed by atoms with Crippen LogP contribution in [0.2, 0.25) is 0 Å². The number of benzene rings is 1. The van der Waals surface area contributed by atoms with Gasteiger partial charge in [0.25, 0.3) is 0 Å². The minimum Gasteiger partial charge on any atom is -0.326 e. The Morgan fingerprint density at radius 3 is 2.53 bits per heavy atom. The Labute approximate surface area is 100 Å². The van der Waals surface area contributed by atoms with E-state index in [1.54, 1.807) is 0 Å². The highest BCUT2D eigenvalue weighted by atomic mass is 19.1. The van der Waals surface area contributed by atoms with Crippen LogP contribution >= 0.6 is 0 Å². The molecule has 2 atom stereocenters. The third-order valence-electron chi connectivity index (χ3n) is 3.29. The maximum absolute atomic E-state index is 13.2. The van der Waals surface area contributed by atoms with Crippen LogP contribution < -0.4 is 5.73 Å². The molecule has 1 aliphatic heterocycles. The average Bonchev–Trinajstić information content (AvgIpc) is 2.59. The van der Waals surface area contributed by atoms with Gasteiger partial charge in [-0.15, -0.1) is 0 Å². The molecule has 0 spiro atoms. The quantitative estimate of drug-likeness (QED) is 0.879. The van der Waals surface area contributed by atoms with Gasteiger partial charge in [0.15, 0.2) is 0 Å². The Morgan fingerprint density at radius 2 is 1.94 bits per heavy atom. The van der Waals surface area contributed by atoms with Crippen molar-refractivity contribution in [2.75, 3.05) is 13.1 Å². The SMILES string of the molecule is CCCN1CCC(N)C1c1cc(F)cc(F)c1. The number of halogens is 2. The topological polar surface area (TPSA) is 29.3 Å². The van der Waals surface area contributed by atoms with Crippen molar-refractivity contribution in [2.45, 2.75) is 31.8 Å². The highest BCUT2D eigenvalue weighted by Crippen LogP contribution is 2.31. The van der Waals surface area contributed by atoms with Crippen LogP contribution in [0.3, 0.4) is 0 Å². The van der Waals surface area contributed by atoms with E-state index in [0.29, 0.717) is 5.56 Å². The van der Waals surface area contributed by atoms with E-state index in [-0.39, 0.29) is 12.1 Å². The molecule has 0 radical (unpaired) electrons. The second-order valence-electron chi connectivity index (χ2n) is 4.64. The summed E-state index contributed by atoms with van der Waals surface area (Å²) in [6, 6.07) is 3.58. The van der Waals surface area contributed by atoms with Gasteiger partial charge in [0, 0.05) is 18.7 Å². The van der Waals surface area contributed by atoms with Crippen LogP contribution in [0, 0.1) is 11.6 Å². The van der Waals surface area contributed by atoms with Gasteiger partial charge in [0.1, 0.15) is 11.6 Å². The van der Waals surface area contributed by atoms with Crippen molar-refractivity contribution in [3.8, 4) is 0 Å². The maximum atomic E-state index is 13.2. The Morgan fingerprint density at radius 1 is 1.29 bits per heavy atom. The Bertz CT molecular complexity index is 373. The van der Waals surface area contributed by atoms with E-state index in [1.165, 1.54) is 12.1 Å². The van der Waals surface area contributed by atoms with Crippen molar-refractivity contribution >= 4 is 0 Å². The van der Waals surface area contributed by atoms with E-state index >= 15 is 0 Å². The van der Waals surface area contributed by atoms with Gasteiger partial charge < -0.3 is 5.73 Å². The standard InChI is InChI=1S/C13H18F2N2/c1-2-4-17-5-3-12(16)13(17)9-6-10(14)8-11(15)7-9/h6-8,12-13H,2-5,16H2,1H3. The Hall–Kier alpha value is -1.00. The van der Waals surface area contributed by atoms with E-state index in [4.69, 9.17) is 5.73 Å². The summed E-state index contributed by atoms with van der Waals surface area (Å²) in [5.41, 5.74) is 6.70. The number of nitrogens with two attached hydrogens (primary N) is 1. The lowest BCUT2D eigenvalue weighted by Gasteiger charge is -2.26. The number of hydrogen-bond acceptors (Lipinski definition) is 2. The lowest BCUT2D eigenvalue weighted by Crippen LogP contribution is -2.32. The van der Waals surface area contributed by atoms with Gasteiger partial charge in [-0.3, -0.25) is 4.90 Å². The first-order chi connectivity index (χ1) is 8.11. The summed E-state index contributed by atoms with van der Waals surface area (Å²) < 4.78 is 26.4. The predicted octanol–water partition coefficient (Wildman–Crippen LogP) is 2.45. The summed E-state index contributed by atoms with van der Waals surface area (Å²) in [6.45, 7) is 3.90. The molecule has 1 saturated heterocycles. The molecule has 1 heterocycles. The maximum Gasteiger partial charge on any atom is 0.126 e. The number of likely N-dealkylation sites (tertiary alicyclic amines) is 1. The third-order valence-corrected chi connectivity index (χ3v) is 3.29. The zero-order valence-corrected chi connectivity index (χ0v) is 10.00. The van der Waals surface area contributed by atoms with Crippen molar-refractivity contribution < 1.29 is 8.78 Å². The van der Waals surface area contributed by atoms with Gasteiger partial charge in [-0.1, -0.05) is 6.92 Å². The number of nitrogens with zero attached hydrogens (tertiary/aromatic N) is 1. The highest BCUT2D eigenvalue weighted by Gasteiger charge is 2.32. The zero-order chi connectivity index (χ0) is 12.4. The molecule has 0 amide bonds. The van der Waals surface area contributed by atoms with Crippen LogP contribution in [0.5, 0.6) is 0 Å². The van der Waals surface area contributed by atoms with Crippen molar-refractivity contribution in [2.24, 2.45) is 5.73 Å². The monoisotopic (exact) mass is 240 g/mol. The Kier molecular flexibility index (Phi) is 3.74. The molecule has 2 N–H and O–H groups in total. The summed E-state index contributed by atoms with van der Waals surface area (Å²) in [7, 11) is 0. The number of hydrogen-bond donors (Lipinski definition) is 1. The molecule has 0 aromatic heterocycles. The summed E-state index contributed by atoms with van der Waals surface area (Å²) in [5.74, 6) is -1.06. The van der Waals surface area contributed by atoms with Gasteiger partial charge in [-0.25, -0.2) is 8.78 Å². The molecule has 0 bridgehead atoms. The third kappa shape index (κ3) is 2.64. The summed E-state index contributed by atoms with van der Waals surface area (Å²) in [4.78, 5) is 2.21. The molecular formula is C13H18F2N2. The first-order valence-electron chi connectivity index (χ1n) is 6.07. The van der Waals surface area contributed by atoms with Crippen molar-refractivity contribution in [3.63, 3.8) is 0 Å². The van der Waals surface area contributed by atoms with Gasteiger partial charge in [0.2, 0.25) is 0 Å². The first-order valence-corrected chi connectivity index (χ1v) is 6.07. The average molecular weight is 240 g/mol. The van der Waals surface area contributed by atoms with Crippen molar-refractivity contribution in [1.82, 2.24) is 4.90 Å². The molecule has 2 nitrogen and oxygen atoms in total. The second kappa shape index (κ2) is 5.10. The molecule has 1 aromatic rings. The molecule has 1 aromatic carbocycles. The van der Waals surface area contributed by atoms with Crippen LogP contribution in [-0.4, -0.2) is 24.0 Å². The molecule has 1 aliphatic rings. The fourth-order valence-electron chi connectivity index (χ4n) is 2.62. The molecule has 2 unspecified atom stereocenters. The largest absolute Gasteiger partial charge is 0.326 e. The van der Waals surface area contributed by atoms with E-state index < -0.39 is 11.6 Å². The van der Waals surface area contributed by atoms with Gasteiger partial charge >= 0.3 is 0 Å². The van der Waals surface area contributed by atoms with Crippen LogP contribution in [0.1, 0.15) is 31.4 Å². The van der Waals surface area contributed by atoms with E-state index in [2.05, 4.69) is 11.8 Å². The highest BCUT2D eigenvalue weighted by molar-refractivity contribution is 5.24. The zero-order valence-electron chi connectivity index (χ0n) is 10.00. The van der Waals surface area contributed by atoms with Gasteiger partial charge in [-0.05, 0) is 37.1 Å². The summed E-state index contributed by atoms with van der Waals surface area (Å²) in [6.07, 6.45) is 1.89. The lowest BCUT2D eigenvalue weighted by molar-refractivity contribution is 0.247. The smallest absolute Gasteiger partial charge is 0.126 e. The molecule has 0 saturated carbocycles. The molecule has 1 fully saturated rings. The predicted molar refractivity (Wildman–Crippen MR) is 63.6 cm³/mol. The number of rotatable bonds is 3. The molecule has 2 rings (SSSR count). The minimum atomic E-state index is -0.532. The molecular weight excluding hydrogens is 222 g/mol. The van der Waals surface area contributed by atoms with Crippen LogP contribution in [0.25, 0.3) is 0 Å². The van der Waals surface area contributed by atoms with Gasteiger partial charge in [0.05, 0.1) is 6.04 Å². The van der Waals surface area contributed by atoms with E-state index in [1.807, 2.05) is 0 Å². The summed E-state index contributed by atoms with van der Waals surface area (Å²) >= 11 is 0. The first kappa shape index (κ1) is 12.5. The molecule has 4 heteroatoms. The lowest BCUT2D eigenvalue weighted by atomic mass is 10.0. The van der Waals surface area contributed by atoms with Crippen LogP contribution in [0.4, 0.5) is 8.78 Å². The summed E-state index contributed by atoms with van der Waals surface area (Å²) in [5, 5.41) is 0. The molecule has 94 valence electrons. The van der Waals surface area contributed by atoms with Gasteiger partial charge in [-0.2, -0.15) is 0 Å². The molecule has 0 aliphatic carbocycles. The van der Waals surface area contributed by atoms with E-state index in [9.17, 15) is 8.78 Å². The van der Waals surface area contributed by atoms with Crippen LogP contribution in [-0.2, 0) is 0 Å².